The molecule has 0 aromatic heterocycles. The molecular formula is C16H14Cl2N2O5S. The first-order valence-corrected chi connectivity index (χ1v) is 9.48. The average Bonchev–Trinajstić information content (AvgIpc) is 2.54. The molecule has 0 aliphatic heterocycles. The normalized spacial score (nSPS) is 12.3. The quantitative estimate of drug-likeness (QED) is 0.726. The molecule has 3 N–H and O–H groups in total. The molecule has 10 heteroatoms. The van der Waals surface area contributed by atoms with Crippen molar-refractivity contribution in [2.24, 2.45) is 5.14 Å². The van der Waals surface area contributed by atoms with Gasteiger partial charge in [0.15, 0.2) is 6.10 Å². The fourth-order valence-corrected chi connectivity index (χ4v) is 3.20. The van der Waals surface area contributed by atoms with Crippen LogP contribution in [0.4, 0.5) is 5.69 Å². The molecule has 0 heterocycles. The summed E-state index contributed by atoms with van der Waals surface area (Å²) >= 11 is 11.6. The van der Waals surface area contributed by atoms with E-state index in [4.69, 9.17) is 33.1 Å². The molecule has 0 unspecified atom stereocenters. The van der Waals surface area contributed by atoms with E-state index in [-0.39, 0.29) is 10.6 Å². The van der Waals surface area contributed by atoms with Crippen LogP contribution in [0.2, 0.25) is 10.0 Å². The Morgan fingerprint density at radius 3 is 2.46 bits per heavy atom. The van der Waals surface area contributed by atoms with Crippen LogP contribution in [0, 0.1) is 0 Å². The highest BCUT2D eigenvalue weighted by Crippen LogP contribution is 2.22. The minimum atomic E-state index is -4.11. The number of hydrogen-bond acceptors (Lipinski definition) is 5. The Morgan fingerprint density at radius 1 is 1.15 bits per heavy atom. The highest BCUT2D eigenvalue weighted by atomic mass is 35.5. The molecule has 1 amide bonds. The Bertz CT molecular complexity index is 963. The molecule has 7 nitrogen and oxygen atoms in total. The molecule has 0 spiro atoms. The number of halogens is 2. The van der Waals surface area contributed by atoms with Gasteiger partial charge in [0, 0.05) is 10.7 Å². The molecule has 0 saturated heterocycles. The summed E-state index contributed by atoms with van der Waals surface area (Å²) in [5.41, 5.74) is 0.328. The van der Waals surface area contributed by atoms with Gasteiger partial charge >= 0.3 is 5.97 Å². The number of primary sulfonamides is 1. The van der Waals surface area contributed by atoms with Crippen molar-refractivity contribution >= 4 is 50.8 Å². The Balaban J connectivity index is 2.10. The first kappa shape index (κ1) is 20.2. The SMILES string of the molecule is C[C@H](OC(=O)c1ccc(Cl)c(S(N)(=O)=O)c1)C(=O)Nc1cccc(Cl)c1. The zero-order valence-electron chi connectivity index (χ0n) is 13.4. The maximum Gasteiger partial charge on any atom is 0.338 e. The lowest BCUT2D eigenvalue weighted by Crippen LogP contribution is -2.30. The molecule has 0 fully saturated rings. The molecule has 0 saturated carbocycles. The summed E-state index contributed by atoms with van der Waals surface area (Å²) in [6.07, 6.45) is -1.14. The van der Waals surface area contributed by atoms with E-state index in [1.165, 1.54) is 25.1 Å². The number of esters is 1. The van der Waals surface area contributed by atoms with E-state index in [2.05, 4.69) is 5.32 Å². The van der Waals surface area contributed by atoms with Gasteiger partial charge in [0.25, 0.3) is 5.91 Å². The lowest BCUT2D eigenvalue weighted by atomic mass is 10.2. The van der Waals surface area contributed by atoms with Crippen LogP contribution in [0.1, 0.15) is 17.3 Å². The van der Waals surface area contributed by atoms with Crippen LogP contribution in [-0.4, -0.2) is 26.4 Å². The van der Waals surface area contributed by atoms with Crippen molar-refractivity contribution < 1.29 is 22.7 Å². The van der Waals surface area contributed by atoms with Crippen molar-refractivity contribution in [1.82, 2.24) is 0 Å². The number of nitrogens with one attached hydrogen (secondary N) is 1. The van der Waals surface area contributed by atoms with Gasteiger partial charge in [-0.1, -0.05) is 29.3 Å². The molecule has 138 valence electrons. The van der Waals surface area contributed by atoms with Crippen molar-refractivity contribution in [1.29, 1.82) is 0 Å². The second kappa shape index (κ2) is 8.05. The van der Waals surface area contributed by atoms with E-state index in [1.807, 2.05) is 0 Å². The van der Waals surface area contributed by atoms with E-state index in [1.54, 1.807) is 18.2 Å². The molecule has 26 heavy (non-hydrogen) atoms. The van der Waals surface area contributed by atoms with Crippen LogP contribution in [0.15, 0.2) is 47.4 Å². The molecule has 2 aromatic rings. The summed E-state index contributed by atoms with van der Waals surface area (Å²) in [4.78, 5) is 23.8. The summed E-state index contributed by atoms with van der Waals surface area (Å²) in [5, 5.41) is 7.89. The Hall–Kier alpha value is -2.13. The van der Waals surface area contributed by atoms with Gasteiger partial charge in [-0.3, -0.25) is 4.79 Å². The molecule has 0 aliphatic carbocycles. The maximum atomic E-state index is 12.2. The molecule has 0 radical (unpaired) electrons. The molecular weight excluding hydrogens is 403 g/mol. The van der Waals surface area contributed by atoms with Crippen molar-refractivity contribution in [2.75, 3.05) is 5.32 Å². The Morgan fingerprint density at radius 2 is 1.85 bits per heavy atom. The van der Waals surface area contributed by atoms with Crippen LogP contribution in [-0.2, 0) is 19.6 Å². The van der Waals surface area contributed by atoms with Crippen LogP contribution >= 0.6 is 23.2 Å². The van der Waals surface area contributed by atoms with Gasteiger partial charge in [-0.25, -0.2) is 18.4 Å². The highest BCUT2D eigenvalue weighted by Gasteiger charge is 2.21. The van der Waals surface area contributed by atoms with Crippen LogP contribution in [0.25, 0.3) is 0 Å². The van der Waals surface area contributed by atoms with E-state index in [9.17, 15) is 18.0 Å². The summed E-state index contributed by atoms with van der Waals surface area (Å²) < 4.78 is 28.0. The molecule has 0 bridgehead atoms. The van der Waals surface area contributed by atoms with Crippen molar-refractivity contribution in [3.63, 3.8) is 0 Å². The summed E-state index contributed by atoms with van der Waals surface area (Å²) in [7, 11) is -4.11. The van der Waals surface area contributed by atoms with Gasteiger partial charge in [-0.05, 0) is 43.3 Å². The van der Waals surface area contributed by atoms with Gasteiger partial charge in [-0.2, -0.15) is 0 Å². The first-order valence-electron chi connectivity index (χ1n) is 7.17. The fourth-order valence-electron chi connectivity index (χ4n) is 1.94. The van der Waals surface area contributed by atoms with Gasteiger partial charge in [0.05, 0.1) is 10.6 Å². The van der Waals surface area contributed by atoms with Gasteiger partial charge in [0.1, 0.15) is 4.90 Å². The van der Waals surface area contributed by atoms with Gasteiger partial charge in [0.2, 0.25) is 10.0 Å². The number of anilines is 1. The monoisotopic (exact) mass is 416 g/mol. The van der Waals surface area contributed by atoms with Crippen molar-refractivity contribution in [2.45, 2.75) is 17.9 Å². The van der Waals surface area contributed by atoms with Crippen molar-refractivity contribution in [3.05, 3.63) is 58.1 Å². The first-order chi connectivity index (χ1) is 12.1. The third-order valence-corrected chi connectivity index (χ3v) is 4.85. The number of rotatable bonds is 5. The molecule has 0 aliphatic rings. The van der Waals surface area contributed by atoms with Crippen LogP contribution < -0.4 is 10.5 Å². The third kappa shape index (κ3) is 5.18. The Labute approximate surface area is 160 Å². The minimum absolute atomic E-state index is 0.110. The smallest absolute Gasteiger partial charge is 0.338 e. The predicted molar refractivity (Wildman–Crippen MR) is 97.8 cm³/mol. The highest BCUT2D eigenvalue weighted by molar-refractivity contribution is 7.89. The molecule has 2 aromatic carbocycles. The van der Waals surface area contributed by atoms with E-state index >= 15 is 0 Å². The largest absolute Gasteiger partial charge is 0.449 e. The minimum Gasteiger partial charge on any atom is -0.449 e. The van der Waals surface area contributed by atoms with E-state index in [0.29, 0.717) is 10.7 Å². The molecule has 2 rings (SSSR count). The van der Waals surface area contributed by atoms with Gasteiger partial charge < -0.3 is 10.1 Å². The fraction of sp³-hybridized carbons (Fsp3) is 0.125. The van der Waals surface area contributed by atoms with Crippen LogP contribution in [0.3, 0.4) is 0 Å². The lowest BCUT2D eigenvalue weighted by Gasteiger charge is -2.14. The number of carbonyl (C=O) groups is 2. The number of nitrogens with two attached hydrogens (primary N) is 1. The number of sulfonamides is 1. The topological polar surface area (TPSA) is 116 Å². The third-order valence-electron chi connectivity index (χ3n) is 3.22. The zero-order valence-corrected chi connectivity index (χ0v) is 15.7. The standard InChI is InChI=1S/C16H14Cl2N2O5S/c1-9(15(21)20-12-4-2-3-11(17)8-12)25-16(22)10-5-6-13(18)14(7-10)26(19,23)24/h2-9H,1H3,(H,20,21)(H2,19,23,24)/t9-/m0/s1. The zero-order chi connectivity index (χ0) is 19.5. The number of carbonyl (C=O) groups excluding carboxylic acids is 2. The number of benzene rings is 2. The summed E-state index contributed by atoms with van der Waals surface area (Å²) in [6, 6.07) is 9.90. The second-order valence-electron chi connectivity index (χ2n) is 5.24. The summed E-state index contributed by atoms with van der Waals surface area (Å²) in [5.74, 6) is -1.48. The lowest BCUT2D eigenvalue weighted by molar-refractivity contribution is -0.123. The summed E-state index contributed by atoms with van der Waals surface area (Å²) in [6.45, 7) is 1.37. The number of amides is 1. The number of hydrogen-bond donors (Lipinski definition) is 2. The van der Waals surface area contributed by atoms with E-state index < -0.39 is 32.9 Å². The molecule has 1 atom stereocenters. The van der Waals surface area contributed by atoms with Gasteiger partial charge in [-0.15, -0.1) is 0 Å². The van der Waals surface area contributed by atoms with Crippen LogP contribution in [0.5, 0.6) is 0 Å². The second-order valence-corrected chi connectivity index (χ2v) is 7.61. The van der Waals surface area contributed by atoms with E-state index in [0.717, 1.165) is 6.07 Å². The predicted octanol–water partition coefficient (Wildman–Crippen LogP) is 2.82. The Kier molecular flexibility index (Phi) is 6.25. The number of ether oxygens (including phenoxy) is 1. The van der Waals surface area contributed by atoms with Crippen molar-refractivity contribution in [3.8, 4) is 0 Å². The average molecular weight is 417 g/mol. The maximum absolute atomic E-state index is 12.2.